The van der Waals surface area contributed by atoms with Crippen LogP contribution in [0.15, 0.2) is 11.6 Å². The number of hydrogen-bond acceptors (Lipinski definition) is 1. The average molecular weight is 302 g/mol. The van der Waals surface area contributed by atoms with Crippen molar-refractivity contribution in [2.45, 2.75) is 71.6 Å². The highest BCUT2D eigenvalue weighted by atomic mass is 16.4. The lowest BCUT2D eigenvalue weighted by Gasteiger charge is -2.58. The van der Waals surface area contributed by atoms with Gasteiger partial charge in [0.2, 0.25) is 0 Å². The fourth-order valence-electron chi connectivity index (χ4n) is 7.12. The zero-order valence-electron chi connectivity index (χ0n) is 14.1. The topological polar surface area (TPSA) is 37.3 Å². The van der Waals surface area contributed by atoms with Crippen molar-refractivity contribution < 1.29 is 9.90 Å². The smallest absolute Gasteiger partial charge is 0.307 e. The Morgan fingerprint density at radius 2 is 1.95 bits per heavy atom. The molecule has 0 aromatic heterocycles. The highest BCUT2D eigenvalue weighted by molar-refractivity contribution is 5.72. The molecule has 4 rings (SSSR count). The Hall–Kier alpha value is -0.790. The molecule has 0 radical (unpaired) electrons. The number of aliphatic carboxylic acids is 1. The second kappa shape index (κ2) is 4.85. The lowest BCUT2D eigenvalue weighted by atomic mass is 9.46. The van der Waals surface area contributed by atoms with Gasteiger partial charge in [-0.3, -0.25) is 4.79 Å². The summed E-state index contributed by atoms with van der Waals surface area (Å²) in [6.07, 6.45) is 13.5. The van der Waals surface area contributed by atoms with Crippen LogP contribution in [0.25, 0.3) is 0 Å². The van der Waals surface area contributed by atoms with Crippen LogP contribution in [0.1, 0.15) is 71.6 Å². The van der Waals surface area contributed by atoms with Gasteiger partial charge in [-0.1, -0.05) is 31.9 Å². The van der Waals surface area contributed by atoms with E-state index in [1.54, 1.807) is 0 Å². The Morgan fingerprint density at radius 3 is 2.73 bits per heavy atom. The highest BCUT2D eigenvalue weighted by Gasteiger charge is 2.58. The second-order valence-corrected chi connectivity index (χ2v) is 8.99. The Kier molecular flexibility index (Phi) is 3.26. The van der Waals surface area contributed by atoms with Gasteiger partial charge < -0.3 is 5.11 Å². The first-order valence-corrected chi connectivity index (χ1v) is 9.39. The third-order valence-electron chi connectivity index (χ3n) is 8.28. The van der Waals surface area contributed by atoms with E-state index in [1.807, 2.05) is 0 Å². The fourth-order valence-corrected chi connectivity index (χ4v) is 7.12. The summed E-state index contributed by atoms with van der Waals surface area (Å²) in [4.78, 5) is 12.0. The van der Waals surface area contributed by atoms with Crippen molar-refractivity contribution in [1.29, 1.82) is 0 Å². The first-order chi connectivity index (χ1) is 10.5. The van der Waals surface area contributed by atoms with E-state index in [4.69, 9.17) is 0 Å². The molecule has 122 valence electrons. The molecule has 0 aromatic carbocycles. The lowest BCUT2D eigenvalue weighted by Crippen LogP contribution is -2.53. The Bertz CT molecular complexity index is 522. The molecule has 0 spiro atoms. The molecular formula is C20H30O2. The molecule has 4 aliphatic rings. The number of fused-ring (bicyclic) bond motifs is 5. The minimum atomic E-state index is -0.548. The summed E-state index contributed by atoms with van der Waals surface area (Å²) in [6.45, 7) is 4.82. The van der Waals surface area contributed by atoms with Crippen LogP contribution in [0.2, 0.25) is 0 Å². The highest BCUT2D eigenvalue weighted by Crippen LogP contribution is 2.65. The van der Waals surface area contributed by atoms with Crippen LogP contribution in [0, 0.1) is 34.5 Å². The van der Waals surface area contributed by atoms with E-state index in [0.29, 0.717) is 11.3 Å². The molecule has 0 heterocycles. The largest absolute Gasteiger partial charge is 0.481 e. The third-order valence-corrected chi connectivity index (χ3v) is 8.28. The van der Waals surface area contributed by atoms with E-state index in [0.717, 1.165) is 31.1 Å². The SMILES string of the molecule is C[C@@]12CCC[C@H]1[C@@H]1CC=C3CCCC(C(=O)O)[C@]3(C)[C@H]1CC2. The van der Waals surface area contributed by atoms with Crippen molar-refractivity contribution in [3.8, 4) is 0 Å². The second-order valence-electron chi connectivity index (χ2n) is 8.99. The maximum absolute atomic E-state index is 12.0. The molecule has 1 N–H and O–H groups in total. The van der Waals surface area contributed by atoms with Crippen LogP contribution >= 0.6 is 0 Å². The lowest BCUT2D eigenvalue weighted by molar-refractivity contribution is -0.151. The molecule has 0 aromatic rings. The summed E-state index contributed by atoms with van der Waals surface area (Å²) in [5.74, 6) is 1.51. The quantitative estimate of drug-likeness (QED) is 0.689. The van der Waals surface area contributed by atoms with Gasteiger partial charge in [-0.2, -0.15) is 0 Å². The Labute approximate surface area is 134 Å². The van der Waals surface area contributed by atoms with Crippen molar-refractivity contribution in [2.24, 2.45) is 34.5 Å². The van der Waals surface area contributed by atoms with Crippen LogP contribution in [0.5, 0.6) is 0 Å². The van der Waals surface area contributed by atoms with Gasteiger partial charge in [0.15, 0.2) is 0 Å². The van der Waals surface area contributed by atoms with Crippen molar-refractivity contribution in [2.75, 3.05) is 0 Å². The van der Waals surface area contributed by atoms with Gasteiger partial charge >= 0.3 is 5.97 Å². The van der Waals surface area contributed by atoms with E-state index < -0.39 is 5.97 Å². The van der Waals surface area contributed by atoms with Gasteiger partial charge in [-0.15, -0.1) is 0 Å². The monoisotopic (exact) mass is 302 g/mol. The van der Waals surface area contributed by atoms with Crippen LogP contribution in [-0.4, -0.2) is 11.1 Å². The summed E-state index contributed by atoms with van der Waals surface area (Å²) in [5, 5.41) is 9.84. The molecule has 2 heteroatoms. The van der Waals surface area contributed by atoms with Gasteiger partial charge in [-0.05, 0) is 74.5 Å². The molecule has 3 fully saturated rings. The van der Waals surface area contributed by atoms with Crippen molar-refractivity contribution in [3.63, 3.8) is 0 Å². The summed E-state index contributed by atoms with van der Waals surface area (Å²) in [6, 6.07) is 0. The Balaban J connectivity index is 1.74. The van der Waals surface area contributed by atoms with Crippen molar-refractivity contribution >= 4 is 5.97 Å². The van der Waals surface area contributed by atoms with Gasteiger partial charge in [0, 0.05) is 5.41 Å². The first-order valence-electron chi connectivity index (χ1n) is 9.39. The van der Waals surface area contributed by atoms with E-state index >= 15 is 0 Å². The van der Waals surface area contributed by atoms with Crippen LogP contribution < -0.4 is 0 Å². The number of carboxylic acid groups (broad SMARTS) is 1. The van der Waals surface area contributed by atoms with Crippen LogP contribution in [-0.2, 0) is 4.79 Å². The molecule has 2 nitrogen and oxygen atoms in total. The maximum atomic E-state index is 12.0. The minimum absolute atomic E-state index is 0.0586. The maximum Gasteiger partial charge on any atom is 0.307 e. The minimum Gasteiger partial charge on any atom is -0.481 e. The molecule has 0 amide bonds. The van der Waals surface area contributed by atoms with E-state index in [9.17, 15) is 9.90 Å². The van der Waals surface area contributed by atoms with Gasteiger partial charge in [0.05, 0.1) is 5.92 Å². The molecule has 1 unspecified atom stereocenters. The molecule has 0 bridgehead atoms. The summed E-state index contributed by atoms with van der Waals surface area (Å²) in [7, 11) is 0. The first kappa shape index (κ1) is 14.8. The molecule has 3 saturated carbocycles. The number of hydrogen-bond donors (Lipinski definition) is 1. The summed E-state index contributed by atoms with van der Waals surface area (Å²) in [5.41, 5.74) is 1.99. The predicted octanol–water partition coefficient (Wildman–Crippen LogP) is 5.04. The normalized spacial score (nSPS) is 50.5. The van der Waals surface area contributed by atoms with Crippen molar-refractivity contribution in [3.05, 3.63) is 11.6 Å². The van der Waals surface area contributed by atoms with E-state index in [1.165, 1.54) is 44.1 Å². The molecular weight excluding hydrogens is 272 g/mol. The third kappa shape index (κ3) is 1.82. The Morgan fingerprint density at radius 1 is 1.14 bits per heavy atom. The van der Waals surface area contributed by atoms with Crippen LogP contribution in [0.4, 0.5) is 0 Å². The molecule has 22 heavy (non-hydrogen) atoms. The molecule has 6 atom stereocenters. The van der Waals surface area contributed by atoms with Crippen molar-refractivity contribution in [1.82, 2.24) is 0 Å². The van der Waals surface area contributed by atoms with Gasteiger partial charge in [0.25, 0.3) is 0 Å². The van der Waals surface area contributed by atoms with Gasteiger partial charge in [0.1, 0.15) is 0 Å². The zero-order chi connectivity index (χ0) is 15.5. The molecule has 0 aliphatic heterocycles. The number of allylic oxidation sites excluding steroid dienone is 2. The van der Waals surface area contributed by atoms with Gasteiger partial charge in [-0.25, -0.2) is 0 Å². The standard InChI is InChI=1S/C20H30O2/c1-19-11-4-7-15(19)14-9-8-13-5-3-6-17(18(21)22)20(13,2)16(14)10-12-19/h8,14-17H,3-7,9-12H2,1-2H3,(H,21,22)/t14-,15-,16-,17?,19-,20-/m0/s1. The van der Waals surface area contributed by atoms with E-state index in [-0.39, 0.29) is 11.3 Å². The number of carbonyl (C=O) groups is 1. The molecule has 0 saturated heterocycles. The number of carboxylic acids is 1. The number of rotatable bonds is 1. The fraction of sp³-hybridized carbons (Fsp3) is 0.850. The average Bonchev–Trinajstić information content (AvgIpc) is 2.87. The predicted molar refractivity (Wildman–Crippen MR) is 87.4 cm³/mol. The zero-order valence-corrected chi connectivity index (χ0v) is 14.1. The summed E-state index contributed by atoms with van der Waals surface area (Å²) >= 11 is 0. The van der Waals surface area contributed by atoms with Crippen LogP contribution in [0.3, 0.4) is 0 Å². The molecule has 4 aliphatic carbocycles. The van der Waals surface area contributed by atoms with E-state index in [2.05, 4.69) is 19.9 Å². The summed E-state index contributed by atoms with van der Waals surface area (Å²) < 4.78 is 0.